The van der Waals surface area contributed by atoms with Gasteiger partial charge in [0.2, 0.25) is 0 Å². The van der Waals surface area contributed by atoms with Crippen LogP contribution in [0.25, 0.3) is 0 Å². The molecule has 1 spiro atoms. The van der Waals surface area contributed by atoms with Crippen LogP contribution in [0.2, 0.25) is 0 Å². The molecule has 1 N–H and O–H groups in total. The minimum absolute atomic E-state index is 0.461. The number of hydrogen-bond acceptors (Lipinski definition) is 3. The van der Waals surface area contributed by atoms with E-state index in [1.807, 2.05) is 0 Å². The summed E-state index contributed by atoms with van der Waals surface area (Å²) in [5.74, 6) is 0.733. The van der Waals surface area contributed by atoms with Gasteiger partial charge in [0.25, 0.3) is 0 Å². The van der Waals surface area contributed by atoms with Gasteiger partial charge in [0.05, 0.1) is 6.10 Å². The van der Waals surface area contributed by atoms with E-state index in [1.54, 1.807) is 0 Å². The Morgan fingerprint density at radius 1 is 1.19 bits per heavy atom. The minimum Gasteiger partial charge on any atom is -0.378 e. The molecular weight excluding hydrogens is 260 g/mol. The molecule has 2 heterocycles. The molecule has 122 valence electrons. The Hall–Kier alpha value is -0.120. The van der Waals surface area contributed by atoms with Crippen molar-refractivity contribution in [3.05, 3.63) is 0 Å². The number of nitrogens with zero attached hydrogens (tertiary/aromatic N) is 1. The Bertz CT molecular complexity index is 319. The first-order valence-corrected chi connectivity index (χ1v) is 9.30. The Balaban J connectivity index is 1.63. The Morgan fingerprint density at radius 3 is 2.67 bits per heavy atom. The van der Waals surface area contributed by atoms with Gasteiger partial charge in [-0.3, -0.25) is 4.90 Å². The minimum atomic E-state index is 0.461. The molecule has 3 aliphatic rings. The molecule has 2 aliphatic heterocycles. The van der Waals surface area contributed by atoms with Gasteiger partial charge in [0.1, 0.15) is 0 Å². The van der Waals surface area contributed by atoms with Gasteiger partial charge in [-0.15, -0.1) is 0 Å². The maximum Gasteiger partial charge on any atom is 0.0588 e. The van der Waals surface area contributed by atoms with Gasteiger partial charge in [-0.25, -0.2) is 0 Å². The van der Waals surface area contributed by atoms with Gasteiger partial charge in [0, 0.05) is 37.8 Å². The number of rotatable bonds is 4. The molecule has 0 aromatic heterocycles. The zero-order valence-corrected chi connectivity index (χ0v) is 14.1. The largest absolute Gasteiger partial charge is 0.378 e. The molecule has 0 bridgehead atoms. The van der Waals surface area contributed by atoms with E-state index in [0.717, 1.165) is 12.5 Å². The molecule has 0 aromatic rings. The lowest BCUT2D eigenvalue weighted by atomic mass is 9.77. The molecule has 3 heteroatoms. The van der Waals surface area contributed by atoms with Crippen LogP contribution in [0.5, 0.6) is 0 Å². The molecule has 3 nitrogen and oxygen atoms in total. The van der Waals surface area contributed by atoms with E-state index in [1.165, 1.54) is 71.0 Å². The number of ether oxygens (including phenoxy) is 1. The third kappa shape index (κ3) is 3.62. The van der Waals surface area contributed by atoms with Crippen molar-refractivity contribution in [1.29, 1.82) is 0 Å². The third-order valence-electron chi connectivity index (χ3n) is 6.12. The Labute approximate surface area is 130 Å². The summed E-state index contributed by atoms with van der Waals surface area (Å²) < 4.78 is 5.85. The number of hydrogen-bond donors (Lipinski definition) is 1. The van der Waals surface area contributed by atoms with Crippen molar-refractivity contribution < 1.29 is 4.74 Å². The van der Waals surface area contributed by atoms with Crippen LogP contribution < -0.4 is 5.32 Å². The van der Waals surface area contributed by atoms with Gasteiger partial charge >= 0.3 is 0 Å². The molecule has 2 saturated heterocycles. The number of nitrogens with one attached hydrogen (secondary N) is 1. The van der Waals surface area contributed by atoms with E-state index >= 15 is 0 Å². The van der Waals surface area contributed by atoms with E-state index in [4.69, 9.17) is 4.74 Å². The van der Waals surface area contributed by atoms with Crippen molar-refractivity contribution in [2.24, 2.45) is 5.92 Å². The van der Waals surface area contributed by atoms with Crippen molar-refractivity contribution in [3.63, 3.8) is 0 Å². The van der Waals surface area contributed by atoms with E-state index in [0.29, 0.717) is 17.7 Å². The smallest absolute Gasteiger partial charge is 0.0588 e. The Kier molecular flexibility index (Phi) is 5.23. The van der Waals surface area contributed by atoms with Crippen molar-refractivity contribution in [2.75, 3.05) is 26.2 Å². The van der Waals surface area contributed by atoms with Gasteiger partial charge in [-0.05, 0) is 38.0 Å². The first-order chi connectivity index (χ1) is 10.2. The van der Waals surface area contributed by atoms with Gasteiger partial charge < -0.3 is 10.1 Å². The average Bonchev–Trinajstić information content (AvgIpc) is 3.00. The zero-order chi connectivity index (χ0) is 14.7. The summed E-state index contributed by atoms with van der Waals surface area (Å²) in [7, 11) is 0. The predicted octanol–water partition coefficient (Wildman–Crippen LogP) is 3.19. The van der Waals surface area contributed by atoms with Crippen molar-refractivity contribution in [3.8, 4) is 0 Å². The maximum absolute atomic E-state index is 5.85. The summed E-state index contributed by atoms with van der Waals surface area (Å²) >= 11 is 0. The van der Waals surface area contributed by atoms with E-state index in [-0.39, 0.29) is 0 Å². The molecule has 0 amide bonds. The van der Waals surface area contributed by atoms with E-state index in [9.17, 15) is 0 Å². The highest BCUT2D eigenvalue weighted by molar-refractivity contribution is 5.01. The van der Waals surface area contributed by atoms with Crippen LogP contribution in [-0.4, -0.2) is 48.8 Å². The first kappa shape index (κ1) is 15.8. The fourth-order valence-electron chi connectivity index (χ4n) is 4.58. The fraction of sp³-hybridized carbons (Fsp3) is 1.00. The van der Waals surface area contributed by atoms with Crippen LogP contribution in [0.3, 0.4) is 0 Å². The standard InChI is InChI=1S/C18H34N2O/c1-15(2)17-13-20(11-8-16-7-6-12-21-16)18(14-19-17)9-4-3-5-10-18/h15-17,19H,3-14H2,1-2H3. The van der Waals surface area contributed by atoms with Crippen LogP contribution in [0.1, 0.15) is 65.2 Å². The second-order valence-corrected chi connectivity index (χ2v) is 7.89. The molecule has 0 radical (unpaired) electrons. The first-order valence-electron chi connectivity index (χ1n) is 9.30. The third-order valence-corrected chi connectivity index (χ3v) is 6.12. The topological polar surface area (TPSA) is 24.5 Å². The van der Waals surface area contributed by atoms with Crippen LogP contribution in [0.4, 0.5) is 0 Å². The van der Waals surface area contributed by atoms with Crippen molar-refractivity contribution >= 4 is 0 Å². The summed E-state index contributed by atoms with van der Waals surface area (Å²) in [4.78, 5) is 2.86. The average molecular weight is 294 g/mol. The summed E-state index contributed by atoms with van der Waals surface area (Å²) in [5, 5.41) is 3.86. The fourth-order valence-corrected chi connectivity index (χ4v) is 4.58. The van der Waals surface area contributed by atoms with Crippen LogP contribution >= 0.6 is 0 Å². The highest BCUT2D eigenvalue weighted by Crippen LogP contribution is 2.36. The van der Waals surface area contributed by atoms with Crippen LogP contribution in [-0.2, 0) is 4.74 Å². The number of piperazine rings is 1. The molecule has 0 aromatic carbocycles. The van der Waals surface area contributed by atoms with Gasteiger partial charge in [0.15, 0.2) is 0 Å². The lowest BCUT2D eigenvalue weighted by Crippen LogP contribution is -2.66. The van der Waals surface area contributed by atoms with Crippen molar-refractivity contribution in [1.82, 2.24) is 10.2 Å². The van der Waals surface area contributed by atoms with Crippen LogP contribution in [0, 0.1) is 5.92 Å². The Morgan fingerprint density at radius 2 is 2.00 bits per heavy atom. The maximum atomic E-state index is 5.85. The second kappa shape index (κ2) is 6.97. The zero-order valence-electron chi connectivity index (χ0n) is 14.1. The summed E-state index contributed by atoms with van der Waals surface area (Å²) in [6.07, 6.45) is 11.4. The van der Waals surface area contributed by atoms with Crippen LogP contribution in [0.15, 0.2) is 0 Å². The summed E-state index contributed by atoms with van der Waals surface area (Å²) in [5.41, 5.74) is 0.461. The highest BCUT2D eigenvalue weighted by Gasteiger charge is 2.42. The molecule has 2 atom stereocenters. The monoisotopic (exact) mass is 294 g/mol. The van der Waals surface area contributed by atoms with E-state index < -0.39 is 0 Å². The normalized spacial score (nSPS) is 33.9. The second-order valence-electron chi connectivity index (χ2n) is 7.89. The SMILES string of the molecule is CC(C)C1CN(CCC2CCCO2)C2(CCCCC2)CN1. The molecule has 3 rings (SSSR count). The summed E-state index contributed by atoms with van der Waals surface area (Å²) in [6, 6.07) is 0.669. The summed E-state index contributed by atoms with van der Waals surface area (Å²) in [6.45, 7) is 9.40. The predicted molar refractivity (Wildman–Crippen MR) is 87.6 cm³/mol. The lowest BCUT2D eigenvalue weighted by Gasteiger charge is -2.53. The molecule has 2 unspecified atom stereocenters. The quantitative estimate of drug-likeness (QED) is 0.862. The molecule has 3 fully saturated rings. The van der Waals surface area contributed by atoms with Crippen molar-refractivity contribution in [2.45, 2.75) is 82.9 Å². The highest BCUT2D eigenvalue weighted by atomic mass is 16.5. The lowest BCUT2D eigenvalue weighted by molar-refractivity contribution is -0.00944. The van der Waals surface area contributed by atoms with E-state index in [2.05, 4.69) is 24.1 Å². The van der Waals surface area contributed by atoms with Gasteiger partial charge in [-0.1, -0.05) is 33.1 Å². The molecule has 21 heavy (non-hydrogen) atoms. The molecule has 1 aliphatic carbocycles. The molecular formula is C18H34N2O. The van der Waals surface area contributed by atoms with Gasteiger partial charge in [-0.2, -0.15) is 0 Å². The molecule has 1 saturated carbocycles.